The lowest BCUT2D eigenvalue weighted by molar-refractivity contribution is 0.706. The summed E-state index contributed by atoms with van der Waals surface area (Å²) in [4.78, 5) is 4.30. The maximum atomic E-state index is 5.44. The van der Waals surface area contributed by atoms with Gasteiger partial charge in [-0.3, -0.25) is 0 Å². The first-order valence-electron chi connectivity index (χ1n) is 5.64. The summed E-state index contributed by atoms with van der Waals surface area (Å²) in [6, 6.07) is 1.95. The molecule has 0 bridgehead atoms. The molecule has 2 aromatic heterocycles. The lowest BCUT2D eigenvalue weighted by Crippen LogP contribution is -2.06. The molecule has 0 aliphatic carbocycles. The summed E-state index contributed by atoms with van der Waals surface area (Å²) in [5.41, 5.74) is 6.45. The summed E-state index contributed by atoms with van der Waals surface area (Å²) in [6.07, 6.45) is 8.74. The van der Waals surface area contributed by atoms with Crippen LogP contribution >= 0.6 is 0 Å². The molecule has 0 unspecified atom stereocenters. The Kier molecular flexibility index (Phi) is 3.71. The highest BCUT2D eigenvalue weighted by Gasteiger charge is 2.01. The lowest BCUT2D eigenvalue weighted by Gasteiger charge is -2.06. The predicted octanol–water partition coefficient (Wildman–Crippen LogP) is 1.27. The van der Waals surface area contributed by atoms with Crippen LogP contribution in [0, 0.1) is 0 Å². The summed E-state index contributed by atoms with van der Waals surface area (Å²) < 4.78 is 1.81. The third-order valence-corrected chi connectivity index (χ3v) is 2.50. The van der Waals surface area contributed by atoms with Gasteiger partial charge in [0, 0.05) is 18.9 Å². The van der Waals surface area contributed by atoms with E-state index in [0.717, 1.165) is 43.7 Å². The van der Waals surface area contributed by atoms with E-state index in [0.29, 0.717) is 0 Å². The quantitative estimate of drug-likeness (QED) is 0.718. The minimum absolute atomic E-state index is 0.774. The monoisotopic (exact) mass is 219 g/mol. The third kappa shape index (κ3) is 2.49. The number of hydrogen-bond donors (Lipinski definition) is 2. The summed E-state index contributed by atoms with van der Waals surface area (Å²) in [5.74, 6) is 0.896. The summed E-state index contributed by atoms with van der Waals surface area (Å²) in [7, 11) is 0. The molecule has 0 spiro atoms. The standard InChI is InChI=1S/C11H17N5/c12-5-2-1-3-6-13-11-10-4-7-15-16(10)9-8-14-11/h4,7-9H,1-3,5-6,12H2,(H,13,14). The summed E-state index contributed by atoms with van der Waals surface area (Å²) in [5, 5.41) is 7.48. The molecule has 0 atom stereocenters. The first-order valence-corrected chi connectivity index (χ1v) is 5.64. The van der Waals surface area contributed by atoms with Crippen molar-refractivity contribution >= 4 is 11.3 Å². The molecule has 0 fully saturated rings. The van der Waals surface area contributed by atoms with E-state index in [4.69, 9.17) is 5.73 Å². The molecule has 0 saturated carbocycles. The van der Waals surface area contributed by atoms with E-state index in [-0.39, 0.29) is 0 Å². The number of nitrogens with zero attached hydrogens (tertiary/aromatic N) is 3. The second-order valence-electron chi connectivity index (χ2n) is 3.71. The van der Waals surface area contributed by atoms with Gasteiger partial charge in [0.05, 0.1) is 6.20 Å². The number of nitrogens with two attached hydrogens (primary N) is 1. The molecular formula is C11H17N5. The molecule has 0 aromatic carbocycles. The molecule has 5 nitrogen and oxygen atoms in total. The normalized spacial score (nSPS) is 10.8. The molecule has 3 N–H and O–H groups in total. The van der Waals surface area contributed by atoms with Crippen molar-refractivity contribution in [2.45, 2.75) is 19.3 Å². The number of rotatable bonds is 6. The van der Waals surface area contributed by atoms with Crippen LogP contribution in [0.4, 0.5) is 5.82 Å². The van der Waals surface area contributed by atoms with Gasteiger partial charge >= 0.3 is 0 Å². The van der Waals surface area contributed by atoms with Crippen molar-refractivity contribution in [1.29, 1.82) is 0 Å². The van der Waals surface area contributed by atoms with Gasteiger partial charge in [-0.15, -0.1) is 0 Å². The second-order valence-corrected chi connectivity index (χ2v) is 3.71. The SMILES string of the molecule is NCCCCCNc1nccn2nccc12. The van der Waals surface area contributed by atoms with Crippen LogP contribution in [0.3, 0.4) is 0 Å². The minimum Gasteiger partial charge on any atom is -0.368 e. The molecular weight excluding hydrogens is 202 g/mol. The maximum absolute atomic E-state index is 5.44. The van der Waals surface area contributed by atoms with E-state index >= 15 is 0 Å². The molecule has 2 heterocycles. The van der Waals surface area contributed by atoms with Crippen LogP contribution in [0.15, 0.2) is 24.7 Å². The Morgan fingerprint density at radius 3 is 3.06 bits per heavy atom. The van der Waals surface area contributed by atoms with Crippen molar-refractivity contribution in [3.63, 3.8) is 0 Å². The van der Waals surface area contributed by atoms with Crippen LogP contribution in [0.1, 0.15) is 19.3 Å². The van der Waals surface area contributed by atoms with E-state index in [1.165, 1.54) is 0 Å². The van der Waals surface area contributed by atoms with Crippen LogP contribution in [0.2, 0.25) is 0 Å². The maximum Gasteiger partial charge on any atom is 0.152 e. The second kappa shape index (κ2) is 5.46. The number of aromatic nitrogens is 3. The van der Waals surface area contributed by atoms with Crippen molar-refractivity contribution in [3.8, 4) is 0 Å². The molecule has 86 valence electrons. The Morgan fingerprint density at radius 1 is 1.25 bits per heavy atom. The van der Waals surface area contributed by atoms with E-state index in [9.17, 15) is 0 Å². The van der Waals surface area contributed by atoms with Crippen LogP contribution in [-0.2, 0) is 0 Å². The highest BCUT2D eigenvalue weighted by atomic mass is 15.2. The first kappa shape index (κ1) is 10.9. The van der Waals surface area contributed by atoms with Gasteiger partial charge in [-0.2, -0.15) is 5.10 Å². The lowest BCUT2D eigenvalue weighted by atomic mass is 10.2. The zero-order chi connectivity index (χ0) is 11.2. The van der Waals surface area contributed by atoms with Gasteiger partial charge in [0.1, 0.15) is 5.52 Å². The average Bonchev–Trinajstić information content (AvgIpc) is 2.77. The molecule has 2 rings (SSSR count). The van der Waals surface area contributed by atoms with Gasteiger partial charge in [0.15, 0.2) is 5.82 Å². The van der Waals surface area contributed by atoms with Gasteiger partial charge < -0.3 is 11.1 Å². The number of hydrogen-bond acceptors (Lipinski definition) is 4. The zero-order valence-electron chi connectivity index (χ0n) is 9.26. The van der Waals surface area contributed by atoms with Crippen molar-refractivity contribution in [3.05, 3.63) is 24.7 Å². The van der Waals surface area contributed by atoms with Gasteiger partial charge in [-0.1, -0.05) is 6.42 Å². The molecule has 2 aromatic rings. The van der Waals surface area contributed by atoms with Gasteiger partial charge in [-0.25, -0.2) is 9.50 Å². The highest BCUT2D eigenvalue weighted by Crippen LogP contribution is 2.12. The van der Waals surface area contributed by atoms with Crippen molar-refractivity contribution < 1.29 is 0 Å². The van der Waals surface area contributed by atoms with Crippen molar-refractivity contribution in [2.75, 3.05) is 18.4 Å². The fraction of sp³-hybridized carbons (Fsp3) is 0.455. The van der Waals surface area contributed by atoms with Crippen LogP contribution in [0.25, 0.3) is 5.52 Å². The van der Waals surface area contributed by atoms with E-state index in [1.807, 2.05) is 16.8 Å². The van der Waals surface area contributed by atoms with Crippen LogP contribution in [-0.4, -0.2) is 27.7 Å². The van der Waals surface area contributed by atoms with E-state index < -0.39 is 0 Å². The average molecular weight is 219 g/mol. The third-order valence-electron chi connectivity index (χ3n) is 2.50. The molecule has 0 aliphatic heterocycles. The number of anilines is 1. The van der Waals surface area contributed by atoms with E-state index in [2.05, 4.69) is 15.4 Å². The number of unbranched alkanes of at least 4 members (excludes halogenated alkanes) is 2. The summed E-state index contributed by atoms with van der Waals surface area (Å²) >= 11 is 0. The molecule has 16 heavy (non-hydrogen) atoms. The van der Waals surface area contributed by atoms with Gasteiger partial charge in [-0.05, 0) is 25.5 Å². The number of nitrogens with one attached hydrogen (secondary N) is 1. The topological polar surface area (TPSA) is 68.2 Å². The Labute approximate surface area is 94.7 Å². The molecule has 5 heteroatoms. The molecule has 0 saturated heterocycles. The van der Waals surface area contributed by atoms with Crippen molar-refractivity contribution in [1.82, 2.24) is 14.6 Å². The van der Waals surface area contributed by atoms with E-state index in [1.54, 1.807) is 12.4 Å². The Hall–Kier alpha value is -1.62. The van der Waals surface area contributed by atoms with Gasteiger partial charge in [0.2, 0.25) is 0 Å². The van der Waals surface area contributed by atoms with Crippen molar-refractivity contribution in [2.24, 2.45) is 5.73 Å². The first-order chi connectivity index (χ1) is 7.92. The summed E-state index contributed by atoms with van der Waals surface area (Å²) in [6.45, 7) is 1.70. The Balaban J connectivity index is 1.91. The minimum atomic E-state index is 0.774. The Bertz CT molecular complexity index is 437. The molecule has 0 amide bonds. The largest absolute Gasteiger partial charge is 0.368 e. The van der Waals surface area contributed by atoms with Gasteiger partial charge in [0.25, 0.3) is 0 Å². The highest BCUT2D eigenvalue weighted by molar-refractivity contribution is 5.66. The number of fused-ring (bicyclic) bond motifs is 1. The zero-order valence-corrected chi connectivity index (χ0v) is 9.26. The fourth-order valence-electron chi connectivity index (χ4n) is 1.65. The van der Waals surface area contributed by atoms with Crippen LogP contribution < -0.4 is 11.1 Å². The Morgan fingerprint density at radius 2 is 2.19 bits per heavy atom. The molecule has 0 aliphatic rings. The predicted molar refractivity (Wildman–Crippen MR) is 64.4 cm³/mol. The fourth-order valence-corrected chi connectivity index (χ4v) is 1.65. The smallest absolute Gasteiger partial charge is 0.152 e. The van der Waals surface area contributed by atoms with Crippen LogP contribution in [0.5, 0.6) is 0 Å². The molecule has 0 radical (unpaired) electrons.